The Labute approximate surface area is 203 Å². The minimum Gasteiger partial charge on any atom is -0.504 e. The van der Waals surface area contributed by atoms with Crippen LogP contribution in [0.25, 0.3) is 22.1 Å². The molecule has 36 heavy (non-hydrogen) atoms. The lowest BCUT2D eigenvalue weighted by Crippen LogP contribution is -2.60. The number of benzene rings is 2. The summed E-state index contributed by atoms with van der Waals surface area (Å²) in [6, 6.07) is 7.92. The Balaban J connectivity index is 1.81. The first kappa shape index (κ1) is 25.3. The van der Waals surface area contributed by atoms with Crippen molar-refractivity contribution >= 4 is 16.9 Å². The van der Waals surface area contributed by atoms with E-state index in [1.165, 1.54) is 37.4 Å². The summed E-state index contributed by atoms with van der Waals surface area (Å²) in [7, 11) is 1.37. The molecule has 1 aliphatic heterocycles. The molecule has 4 rings (SSSR count). The normalized spacial score (nSPS) is 23.9. The van der Waals surface area contributed by atoms with Crippen molar-refractivity contribution in [2.75, 3.05) is 13.7 Å². The van der Waals surface area contributed by atoms with Gasteiger partial charge in [0, 0.05) is 30.7 Å². The van der Waals surface area contributed by atoms with Gasteiger partial charge in [0.1, 0.15) is 48.1 Å². The Bertz CT molecular complexity index is 1330. The van der Waals surface area contributed by atoms with Crippen LogP contribution in [0.15, 0.2) is 45.6 Å². The van der Waals surface area contributed by atoms with E-state index in [4.69, 9.17) is 23.4 Å². The number of phenolic OH excluding ortho intramolecular Hbond substituents is 2. The number of fused-ring (bicyclic) bond motifs is 1. The van der Waals surface area contributed by atoms with Gasteiger partial charge in [-0.15, -0.1) is 0 Å². The molecule has 1 fully saturated rings. The molecule has 0 amide bonds. The summed E-state index contributed by atoms with van der Waals surface area (Å²) in [5.41, 5.74) is -0.122. The highest BCUT2D eigenvalue weighted by molar-refractivity contribution is 5.98. The first-order valence-electron chi connectivity index (χ1n) is 10.8. The number of phenols is 2. The maximum Gasteiger partial charge on any atom is 0.336 e. The van der Waals surface area contributed by atoms with Crippen LogP contribution in [0.5, 0.6) is 23.0 Å². The van der Waals surface area contributed by atoms with Crippen molar-refractivity contribution in [3.8, 4) is 34.1 Å². The zero-order valence-electron chi connectivity index (χ0n) is 19.2. The molecule has 0 spiro atoms. The average molecular weight is 504 g/mol. The van der Waals surface area contributed by atoms with E-state index in [1.54, 1.807) is 0 Å². The smallest absolute Gasteiger partial charge is 0.336 e. The highest BCUT2D eigenvalue weighted by Crippen LogP contribution is 2.40. The molecule has 3 aromatic rings. The van der Waals surface area contributed by atoms with Gasteiger partial charge in [-0.1, -0.05) is 6.07 Å². The number of esters is 1. The molecule has 5 unspecified atom stereocenters. The van der Waals surface area contributed by atoms with Crippen molar-refractivity contribution in [2.45, 2.75) is 37.6 Å². The predicted molar refractivity (Wildman–Crippen MR) is 122 cm³/mol. The van der Waals surface area contributed by atoms with E-state index in [9.17, 15) is 35.1 Å². The fraction of sp³-hybridized carbons (Fsp3) is 0.333. The highest BCUT2D eigenvalue weighted by Gasteiger charge is 2.45. The third-order valence-electron chi connectivity index (χ3n) is 5.67. The highest BCUT2D eigenvalue weighted by atomic mass is 16.7. The lowest BCUT2D eigenvalue weighted by molar-refractivity contribution is -0.278. The minimum atomic E-state index is -1.72. The summed E-state index contributed by atoms with van der Waals surface area (Å²) in [6.45, 7) is 0.749. The van der Waals surface area contributed by atoms with Crippen LogP contribution in [-0.2, 0) is 14.3 Å². The van der Waals surface area contributed by atoms with E-state index >= 15 is 0 Å². The third-order valence-corrected chi connectivity index (χ3v) is 5.67. The number of ether oxygens (including phenoxy) is 4. The van der Waals surface area contributed by atoms with Crippen LogP contribution < -0.4 is 15.1 Å². The van der Waals surface area contributed by atoms with Crippen molar-refractivity contribution < 1.29 is 53.7 Å². The van der Waals surface area contributed by atoms with Gasteiger partial charge in [0.15, 0.2) is 11.5 Å². The summed E-state index contributed by atoms with van der Waals surface area (Å²) in [4.78, 5) is 23.5. The van der Waals surface area contributed by atoms with Crippen LogP contribution in [-0.4, -0.2) is 75.9 Å². The second-order valence-electron chi connectivity index (χ2n) is 8.12. The maximum atomic E-state index is 12.3. The molecule has 5 N–H and O–H groups in total. The molecule has 192 valence electrons. The SMILES string of the molecule is COc1cc(OC2OC(COC(C)=O)C(O)C(O)C2O)c2c(-c3ccc(O)c(O)c3)cc(=O)oc2c1. The van der Waals surface area contributed by atoms with Gasteiger partial charge in [-0.2, -0.15) is 0 Å². The van der Waals surface area contributed by atoms with Gasteiger partial charge in [-0.25, -0.2) is 4.79 Å². The molecule has 2 aromatic carbocycles. The van der Waals surface area contributed by atoms with E-state index < -0.39 is 54.7 Å². The molecule has 2 heterocycles. The number of hydrogen-bond donors (Lipinski definition) is 5. The van der Waals surface area contributed by atoms with E-state index in [-0.39, 0.29) is 33.8 Å². The molecule has 12 nitrogen and oxygen atoms in total. The molecule has 5 atom stereocenters. The Hall–Kier alpha value is -3.84. The molecule has 0 radical (unpaired) electrons. The number of carbonyl (C=O) groups excluding carboxylic acids is 1. The fourth-order valence-corrected chi connectivity index (χ4v) is 3.85. The lowest BCUT2D eigenvalue weighted by atomic mass is 9.98. The summed E-state index contributed by atoms with van der Waals surface area (Å²) in [6.07, 6.45) is -7.76. The number of aliphatic hydroxyl groups excluding tert-OH is 3. The van der Waals surface area contributed by atoms with Gasteiger partial charge >= 0.3 is 11.6 Å². The van der Waals surface area contributed by atoms with Crippen LogP contribution >= 0.6 is 0 Å². The van der Waals surface area contributed by atoms with Crippen LogP contribution in [0.3, 0.4) is 0 Å². The minimum absolute atomic E-state index is 0.00505. The first-order valence-corrected chi connectivity index (χ1v) is 10.8. The molecule has 0 aliphatic carbocycles. The second kappa shape index (κ2) is 10.0. The van der Waals surface area contributed by atoms with Gasteiger partial charge < -0.3 is 48.9 Å². The van der Waals surface area contributed by atoms with Crippen molar-refractivity contribution in [1.82, 2.24) is 0 Å². The van der Waals surface area contributed by atoms with E-state index in [0.717, 1.165) is 13.0 Å². The Morgan fingerprint density at radius 3 is 2.42 bits per heavy atom. The zero-order valence-corrected chi connectivity index (χ0v) is 19.2. The Morgan fingerprint density at radius 1 is 1.00 bits per heavy atom. The molecule has 1 aliphatic rings. The first-order chi connectivity index (χ1) is 17.1. The maximum absolute atomic E-state index is 12.3. The molecule has 0 bridgehead atoms. The Kier molecular flexibility index (Phi) is 7.04. The fourth-order valence-electron chi connectivity index (χ4n) is 3.85. The molecular weight excluding hydrogens is 480 g/mol. The number of hydrogen-bond acceptors (Lipinski definition) is 12. The van der Waals surface area contributed by atoms with Gasteiger partial charge in [-0.05, 0) is 17.7 Å². The largest absolute Gasteiger partial charge is 0.504 e. The lowest BCUT2D eigenvalue weighted by Gasteiger charge is -2.40. The molecule has 1 aromatic heterocycles. The summed E-state index contributed by atoms with van der Waals surface area (Å²) >= 11 is 0. The molecule has 0 saturated carbocycles. The molecule has 12 heteroatoms. The third kappa shape index (κ3) is 4.93. The Morgan fingerprint density at radius 2 is 1.75 bits per heavy atom. The van der Waals surface area contributed by atoms with Crippen LogP contribution in [0.4, 0.5) is 0 Å². The van der Waals surface area contributed by atoms with Crippen LogP contribution in [0.1, 0.15) is 6.92 Å². The van der Waals surface area contributed by atoms with Gasteiger partial charge in [-0.3, -0.25) is 4.79 Å². The number of rotatable bonds is 6. The number of carbonyl (C=O) groups is 1. The number of aromatic hydroxyl groups is 2. The second-order valence-corrected chi connectivity index (χ2v) is 8.12. The van der Waals surface area contributed by atoms with Crippen molar-refractivity contribution in [3.05, 3.63) is 46.8 Å². The van der Waals surface area contributed by atoms with Crippen LogP contribution in [0, 0.1) is 0 Å². The number of methoxy groups -OCH3 is 1. The average Bonchev–Trinajstić information content (AvgIpc) is 2.84. The van der Waals surface area contributed by atoms with Crippen molar-refractivity contribution in [2.24, 2.45) is 0 Å². The van der Waals surface area contributed by atoms with Crippen molar-refractivity contribution in [3.63, 3.8) is 0 Å². The quantitative estimate of drug-likeness (QED) is 0.179. The van der Waals surface area contributed by atoms with Crippen molar-refractivity contribution in [1.29, 1.82) is 0 Å². The summed E-state index contributed by atoms with van der Waals surface area (Å²) in [5, 5.41) is 51.0. The standard InChI is InChI=1S/C24H24O12/c1-10(25)33-9-18-21(29)22(30)23(31)24(36-18)35-17-7-12(32-2)6-16-20(17)13(8-19(28)34-16)11-3-4-14(26)15(27)5-11/h3-8,18,21-24,26-27,29-31H,9H2,1-2H3. The monoisotopic (exact) mass is 504 g/mol. The van der Waals surface area contributed by atoms with E-state index in [1.807, 2.05) is 0 Å². The molecular formula is C24H24O12. The van der Waals surface area contributed by atoms with E-state index in [2.05, 4.69) is 0 Å². The van der Waals surface area contributed by atoms with Crippen LogP contribution in [0.2, 0.25) is 0 Å². The predicted octanol–water partition coefficient (Wildman–Crippen LogP) is 0.629. The van der Waals surface area contributed by atoms with Gasteiger partial charge in [0.25, 0.3) is 0 Å². The number of aliphatic hydroxyl groups is 3. The van der Waals surface area contributed by atoms with E-state index in [0.29, 0.717) is 5.56 Å². The van der Waals surface area contributed by atoms with Gasteiger partial charge in [0.05, 0.1) is 12.5 Å². The summed E-state index contributed by atoms with van der Waals surface area (Å²) < 4.78 is 26.9. The molecule has 1 saturated heterocycles. The zero-order chi connectivity index (χ0) is 26.1. The summed E-state index contributed by atoms with van der Waals surface area (Å²) in [5.74, 6) is -1.22. The topological polar surface area (TPSA) is 185 Å². The van der Waals surface area contributed by atoms with Gasteiger partial charge in [0.2, 0.25) is 6.29 Å².